The van der Waals surface area contributed by atoms with Crippen LogP contribution in [0.5, 0.6) is 5.75 Å². The van der Waals surface area contributed by atoms with E-state index in [1.807, 2.05) is 31.2 Å². The third-order valence-electron chi connectivity index (χ3n) is 3.13. The Kier molecular flexibility index (Phi) is 6.53. The number of para-hydroxylation sites is 1. The number of nitrogens with one attached hydrogen (secondary N) is 2. The first-order chi connectivity index (χ1) is 12.0. The highest BCUT2D eigenvalue weighted by Crippen LogP contribution is 2.15. The first-order valence-corrected chi connectivity index (χ1v) is 7.59. The standard InChI is InChI=1S/C18H19N3O4/c1-13-5-4-7-15(9-13)19-11-17(22)21-20-10-14-6-2-3-8-16(14)25-12-18(23)24/h2-10,19H,11-12H2,1H3,(H,21,22)(H,23,24)/p-1/b20-10-. The third-order valence-corrected chi connectivity index (χ3v) is 3.13. The molecule has 0 fully saturated rings. The molecule has 2 N–H and O–H groups in total. The molecule has 0 aromatic heterocycles. The fourth-order valence-corrected chi connectivity index (χ4v) is 2.01. The molecule has 2 aromatic rings. The van der Waals surface area contributed by atoms with Gasteiger partial charge >= 0.3 is 0 Å². The lowest BCUT2D eigenvalue weighted by Gasteiger charge is -2.09. The average Bonchev–Trinajstić information content (AvgIpc) is 2.59. The Bertz CT molecular complexity index is 774. The van der Waals surface area contributed by atoms with E-state index in [4.69, 9.17) is 4.74 Å². The summed E-state index contributed by atoms with van der Waals surface area (Å²) >= 11 is 0. The van der Waals surface area contributed by atoms with Crippen LogP contribution in [0.1, 0.15) is 11.1 Å². The summed E-state index contributed by atoms with van der Waals surface area (Å²) in [6.45, 7) is 1.48. The van der Waals surface area contributed by atoms with Crippen molar-refractivity contribution in [1.82, 2.24) is 5.43 Å². The minimum absolute atomic E-state index is 0.0730. The Morgan fingerprint density at radius 3 is 2.76 bits per heavy atom. The molecular weight excluding hydrogens is 322 g/mol. The number of hydrogen-bond acceptors (Lipinski definition) is 6. The SMILES string of the molecule is Cc1cccc(NCC(=O)N/N=C\c2ccccc2OCC(=O)[O-])c1. The maximum atomic E-state index is 11.8. The van der Waals surface area contributed by atoms with Gasteiger partial charge in [0.1, 0.15) is 12.4 Å². The van der Waals surface area contributed by atoms with E-state index in [0.29, 0.717) is 11.3 Å². The highest BCUT2D eigenvalue weighted by atomic mass is 16.5. The monoisotopic (exact) mass is 340 g/mol. The lowest BCUT2D eigenvalue weighted by atomic mass is 10.2. The Balaban J connectivity index is 1.86. The van der Waals surface area contributed by atoms with Gasteiger partial charge in [-0.15, -0.1) is 0 Å². The number of amides is 1. The summed E-state index contributed by atoms with van der Waals surface area (Å²) in [4.78, 5) is 22.3. The van der Waals surface area contributed by atoms with Crippen molar-refractivity contribution in [2.75, 3.05) is 18.5 Å². The Hall–Kier alpha value is -3.35. The van der Waals surface area contributed by atoms with E-state index in [1.165, 1.54) is 6.21 Å². The number of aliphatic carboxylic acids is 1. The van der Waals surface area contributed by atoms with Gasteiger partial charge in [-0.2, -0.15) is 5.10 Å². The molecule has 2 aromatic carbocycles. The molecule has 0 heterocycles. The number of benzene rings is 2. The normalized spacial score (nSPS) is 10.4. The molecule has 0 atom stereocenters. The molecule has 25 heavy (non-hydrogen) atoms. The first-order valence-electron chi connectivity index (χ1n) is 7.59. The summed E-state index contributed by atoms with van der Waals surface area (Å²) in [6, 6.07) is 14.4. The van der Waals surface area contributed by atoms with Crippen LogP contribution in [0.3, 0.4) is 0 Å². The van der Waals surface area contributed by atoms with Crippen molar-refractivity contribution < 1.29 is 19.4 Å². The zero-order valence-corrected chi connectivity index (χ0v) is 13.7. The van der Waals surface area contributed by atoms with Crippen LogP contribution < -0.4 is 20.6 Å². The quantitative estimate of drug-likeness (QED) is 0.543. The molecule has 0 spiro atoms. The first kappa shape index (κ1) is 18.0. The van der Waals surface area contributed by atoms with Crippen molar-refractivity contribution in [3.8, 4) is 5.75 Å². The van der Waals surface area contributed by atoms with Crippen LogP contribution in [0.25, 0.3) is 0 Å². The van der Waals surface area contributed by atoms with E-state index >= 15 is 0 Å². The van der Waals surface area contributed by atoms with Crippen LogP contribution in [0.4, 0.5) is 5.69 Å². The van der Waals surface area contributed by atoms with Gasteiger partial charge in [0.2, 0.25) is 0 Å². The molecule has 0 radical (unpaired) electrons. The second-order valence-electron chi connectivity index (χ2n) is 5.21. The zero-order valence-electron chi connectivity index (χ0n) is 13.7. The number of anilines is 1. The van der Waals surface area contributed by atoms with Crippen molar-refractivity contribution in [2.45, 2.75) is 6.92 Å². The molecule has 0 unspecified atom stereocenters. The lowest BCUT2D eigenvalue weighted by Crippen LogP contribution is -2.29. The summed E-state index contributed by atoms with van der Waals surface area (Å²) in [5, 5.41) is 17.3. The Labute approximate surface area is 145 Å². The van der Waals surface area contributed by atoms with Gasteiger partial charge in [0.05, 0.1) is 18.7 Å². The molecule has 7 heteroatoms. The second-order valence-corrected chi connectivity index (χ2v) is 5.21. The van der Waals surface area contributed by atoms with E-state index in [0.717, 1.165) is 11.3 Å². The molecule has 0 aliphatic carbocycles. The van der Waals surface area contributed by atoms with E-state index in [2.05, 4.69) is 15.8 Å². The third kappa shape index (κ3) is 6.34. The minimum atomic E-state index is -1.32. The van der Waals surface area contributed by atoms with Crippen LogP contribution in [0.2, 0.25) is 0 Å². The van der Waals surface area contributed by atoms with Crippen molar-refractivity contribution in [2.24, 2.45) is 5.10 Å². The van der Waals surface area contributed by atoms with Crippen LogP contribution in [0, 0.1) is 6.92 Å². The largest absolute Gasteiger partial charge is 0.546 e. The van der Waals surface area contributed by atoms with Crippen molar-refractivity contribution in [1.29, 1.82) is 0 Å². The molecule has 0 saturated heterocycles. The summed E-state index contributed by atoms with van der Waals surface area (Å²) in [5.74, 6) is -1.30. The Morgan fingerprint density at radius 2 is 2.00 bits per heavy atom. The summed E-state index contributed by atoms with van der Waals surface area (Å²) in [6.07, 6.45) is 1.38. The number of rotatable bonds is 8. The molecule has 7 nitrogen and oxygen atoms in total. The van der Waals surface area contributed by atoms with Gasteiger partial charge in [0.25, 0.3) is 5.91 Å². The van der Waals surface area contributed by atoms with Crippen LogP contribution in [0.15, 0.2) is 53.6 Å². The number of aryl methyl sites for hydroxylation is 1. The fourth-order valence-electron chi connectivity index (χ4n) is 2.01. The molecule has 0 saturated carbocycles. The molecule has 130 valence electrons. The van der Waals surface area contributed by atoms with Crippen molar-refractivity contribution in [3.05, 3.63) is 59.7 Å². The van der Waals surface area contributed by atoms with Gasteiger partial charge in [-0.25, -0.2) is 5.43 Å². The highest BCUT2D eigenvalue weighted by molar-refractivity contribution is 5.86. The summed E-state index contributed by atoms with van der Waals surface area (Å²) in [7, 11) is 0. The van der Waals surface area contributed by atoms with E-state index in [1.54, 1.807) is 24.3 Å². The summed E-state index contributed by atoms with van der Waals surface area (Å²) < 4.78 is 5.09. The topological polar surface area (TPSA) is 103 Å². The van der Waals surface area contributed by atoms with E-state index in [9.17, 15) is 14.7 Å². The van der Waals surface area contributed by atoms with Gasteiger partial charge in [0.15, 0.2) is 0 Å². The molecule has 0 bridgehead atoms. The highest BCUT2D eigenvalue weighted by Gasteiger charge is 2.02. The molecular formula is C18H18N3O4-. The fraction of sp³-hybridized carbons (Fsp3) is 0.167. The minimum Gasteiger partial charge on any atom is -0.546 e. The molecule has 2 rings (SSSR count). The predicted octanol–water partition coefficient (Wildman–Crippen LogP) is 0.686. The van der Waals surface area contributed by atoms with Crippen LogP contribution in [-0.4, -0.2) is 31.2 Å². The number of hydrogen-bond donors (Lipinski definition) is 2. The van der Waals surface area contributed by atoms with Gasteiger partial charge in [-0.3, -0.25) is 4.79 Å². The number of carboxylic acid groups (broad SMARTS) is 1. The molecule has 0 aliphatic rings. The lowest BCUT2D eigenvalue weighted by molar-refractivity contribution is -0.307. The van der Waals surface area contributed by atoms with Gasteiger partial charge in [-0.1, -0.05) is 24.3 Å². The van der Waals surface area contributed by atoms with Gasteiger partial charge in [0, 0.05) is 11.3 Å². The predicted molar refractivity (Wildman–Crippen MR) is 92.3 cm³/mol. The number of nitrogens with zero attached hydrogens (tertiary/aromatic N) is 1. The number of ether oxygens (including phenoxy) is 1. The Morgan fingerprint density at radius 1 is 1.20 bits per heavy atom. The smallest absolute Gasteiger partial charge is 0.259 e. The summed E-state index contributed by atoms with van der Waals surface area (Å²) in [5.41, 5.74) is 4.87. The zero-order chi connectivity index (χ0) is 18.1. The number of carboxylic acids is 1. The van der Waals surface area contributed by atoms with Gasteiger partial charge < -0.3 is 20.0 Å². The van der Waals surface area contributed by atoms with Gasteiger partial charge in [-0.05, 0) is 36.8 Å². The number of hydrazone groups is 1. The van der Waals surface area contributed by atoms with E-state index in [-0.39, 0.29) is 12.5 Å². The maximum absolute atomic E-state index is 11.8. The number of carbonyl (C=O) groups excluding carboxylic acids is 2. The van der Waals surface area contributed by atoms with Crippen LogP contribution in [-0.2, 0) is 9.59 Å². The second kappa shape index (κ2) is 9.07. The molecule has 1 amide bonds. The maximum Gasteiger partial charge on any atom is 0.259 e. The van der Waals surface area contributed by atoms with Crippen LogP contribution >= 0.6 is 0 Å². The molecule has 0 aliphatic heterocycles. The number of carbonyl (C=O) groups is 2. The van der Waals surface area contributed by atoms with E-state index < -0.39 is 12.6 Å². The van der Waals surface area contributed by atoms with Crippen molar-refractivity contribution in [3.63, 3.8) is 0 Å². The average molecular weight is 340 g/mol. The van der Waals surface area contributed by atoms with Crippen molar-refractivity contribution >= 4 is 23.8 Å².